The normalized spacial score (nSPS) is 47.0. The molecule has 2 N–H and O–H groups in total. The lowest BCUT2D eigenvalue weighted by Crippen LogP contribution is -2.66. The molecular weight excluding hydrogens is 550 g/mol. The molecule has 0 aromatic carbocycles. The summed E-state index contributed by atoms with van der Waals surface area (Å²) in [5.41, 5.74) is 6.98. The molecule has 5 aliphatic rings. The number of carbonyl (C=O) groups is 3. The number of fused-ring (bicyclic) bond motifs is 5. The monoisotopic (exact) mass is 599 g/mol. The van der Waals surface area contributed by atoms with Gasteiger partial charge in [-0.05, 0) is 93.3 Å². The zero-order chi connectivity index (χ0) is 29.0. The molecule has 234 valence electrons. The van der Waals surface area contributed by atoms with E-state index in [1.165, 1.54) is 21.0 Å². The van der Waals surface area contributed by atoms with Gasteiger partial charge in [0.15, 0.2) is 12.4 Å². The summed E-state index contributed by atoms with van der Waals surface area (Å²) >= 11 is 0. The Balaban J connectivity index is 0.00000387. The topological polar surface area (TPSA) is 123 Å². The molecule has 41 heavy (non-hydrogen) atoms. The van der Waals surface area contributed by atoms with Crippen molar-refractivity contribution in [3.8, 4) is 0 Å². The first kappa shape index (κ1) is 32.5. The number of carbonyl (C=O) groups excluding carboxylic acids is 3. The van der Waals surface area contributed by atoms with E-state index in [2.05, 4.69) is 13.8 Å². The molecule has 0 bridgehead atoms. The van der Waals surface area contributed by atoms with Gasteiger partial charge in [-0.25, -0.2) is 0 Å². The Morgan fingerprint density at radius 1 is 0.854 bits per heavy atom. The van der Waals surface area contributed by atoms with Gasteiger partial charge in [0.2, 0.25) is 0 Å². The highest BCUT2D eigenvalue weighted by Crippen LogP contribution is 2.68. The second-order valence-electron chi connectivity index (χ2n) is 13.9. The molecule has 0 spiro atoms. The Morgan fingerprint density at radius 2 is 1.54 bits per heavy atom. The maximum atomic E-state index is 12.7. The van der Waals surface area contributed by atoms with Gasteiger partial charge >= 0.3 is 17.9 Å². The van der Waals surface area contributed by atoms with Crippen molar-refractivity contribution in [2.45, 2.75) is 135 Å². The fraction of sp³-hybridized carbons (Fsp3) is 0.903. The van der Waals surface area contributed by atoms with Crippen LogP contribution in [0, 0.1) is 34.5 Å². The van der Waals surface area contributed by atoms with Crippen LogP contribution in [0.3, 0.4) is 0 Å². The van der Waals surface area contributed by atoms with Gasteiger partial charge in [-0.3, -0.25) is 14.4 Å². The molecule has 1 unspecified atom stereocenters. The molecule has 1 aliphatic heterocycles. The van der Waals surface area contributed by atoms with E-state index in [1.54, 1.807) is 0 Å². The van der Waals surface area contributed by atoms with E-state index in [9.17, 15) is 14.4 Å². The number of halogens is 1. The summed E-state index contributed by atoms with van der Waals surface area (Å²) in [7, 11) is 1.49. The zero-order valence-corrected chi connectivity index (χ0v) is 26.3. The largest absolute Gasteiger partial charge is 0.469 e. The minimum atomic E-state index is -0.687. The Kier molecular flexibility index (Phi) is 9.45. The second kappa shape index (κ2) is 11.9. The number of ether oxygens (including phenoxy) is 5. The van der Waals surface area contributed by atoms with Gasteiger partial charge in [0.1, 0.15) is 6.10 Å². The van der Waals surface area contributed by atoms with Crippen molar-refractivity contribution in [3.05, 3.63) is 0 Å². The summed E-state index contributed by atoms with van der Waals surface area (Å²) < 4.78 is 28.9. The first-order valence-corrected chi connectivity index (χ1v) is 15.3. The summed E-state index contributed by atoms with van der Waals surface area (Å²) in [5.74, 6) is 0.455. The number of rotatable bonds is 5. The molecule has 12 atom stereocenters. The number of hydrogen-bond donors (Lipinski definition) is 1. The third kappa shape index (κ3) is 5.53. The van der Waals surface area contributed by atoms with Crippen molar-refractivity contribution in [2.75, 3.05) is 7.11 Å². The van der Waals surface area contributed by atoms with Crippen LogP contribution >= 0.6 is 12.4 Å². The maximum Gasteiger partial charge on any atom is 0.309 e. The van der Waals surface area contributed by atoms with E-state index in [0.717, 1.165) is 57.8 Å². The molecular formula is C31H50ClNO8. The summed E-state index contributed by atoms with van der Waals surface area (Å²) in [4.78, 5) is 36.1. The van der Waals surface area contributed by atoms with Crippen molar-refractivity contribution >= 4 is 30.3 Å². The van der Waals surface area contributed by atoms with E-state index in [4.69, 9.17) is 29.4 Å². The van der Waals surface area contributed by atoms with Gasteiger partial charge in [-0.1, -0.05) is 13.8 Å². The average molecular weight is 600 g/mol. The maximum absolute atomic E-state index is 12.7. The van der Waals surface area contributed by atoms with Crippen LogP contribution in [0.4, 0.5) is 0 Å². The summed E-state index contributed by atoms with van der Waals surface area (Å²) in [5, 5.41) is 0. The molecule has 0 radical (unpaired) electrons. The van der Waals surface area contributed by atoms with Gasteiger partial charge in [0.25, 0.3) is 0 Å². The van der Waals surface area contributed by atoms with Crippen LogP contribution < -0.4 is 5.73 Å². The van der Waals surface area contributed by atoms with Crippen molar-refractivity contribution in [1.29, 1.82) is 0 Å². The van der Waals surface area contributed by atoms with Gasteiger partial charge in [0.05, 0.1) is 25.2 Å². The lowest BCUT2D eigenvalue weighted by Gasteiger charge is -2.64. The lowest BCUT2D eigenvalue weighted by molar-refractivity contribution is -0.288. The molecule has 4 saturated carbocycles. The molecule has 1 heterocycles. The van der Waals surface area contributed by atoms with Crippen LogP contribution in [0.1, 0.15) is 98.8 Å². The first-order valence-electron chi connectivity index (χ1n) is 15.3. The second-order valence-corrected chi connectivity index (χ2v) is 13.9. The van der Waals surface area contributed by atoms with Crippen molar-refractivity contribution < 1.29 is 38.1 Å². The highest BCUT2D eigenvalue weighted by atomic mass is 35.5. The molecule has 0 aromatic heterocycles. The Hall–Kier alpha value is -1.42. The minimum absolute atomic E-state index is 0. The molecule has 10 heteroatoms. The lowest BCUT2D eigenvalue weighted by atomic mass is 9.42. The Labute approximate surface area is 250 Å². The highest BCUT2D eigenvalue weighted by molar-refractivity contribution is 5.85. The van der Waals surface area contributed by atoms with E-state index in [1.807, 2.05) is 6.92 Å². The number of esters is 3. The predicted octanol–water partition coefficient (Wildman–Crippen LogP) is 4.70. The van der Waals surface area contributed by atoms with Gasteiger partial charge in [-0.15, -0.1) is 12.4 Å². The SMILES string of the molecule is COC(=O)[C@H]1CC[C@]2(N)[C@@H]3CC[C@@H]4C[C@@H](OC5O[C@@H](C)[C@H](OC(C)=O)C[C@H]5OC(C)=O)CC[C@]4(C)[C@H]3CC[C@]12C.Cl. The summed E-state index contributed by atoms with van der Waals surface area (Å²) in [6, 6.07) is 0. The number of hydrogen-bond acceptors (Lipinski definition) is 9. The van der Waals surface area contributed by atoms with E-state index in [-0.39, 0.29) is 58.8 Å². The summed E-state index contributed by atoms with van der Waals surface area (Å²) in [6.45, 7) is 9.31. The predicted molar refractivity (Wildman–Crippen MR) is 153 cm³/mol. The van der Waals surface area contributed by atoms with Crippen LogP contribution in [0.15, 0.2) is 0 Å². The molecule has 9 nitrogen and oxygen atoms in total. The van der Waals surface area contributed by atoms with Crippen LogP contribution in [-0.2, 0) is 38.1 Å². The fourth-order valence-electron chi connectivity index (χ4n) is 9.83. The molecule has 5 rings (SSSR count). The third-order valence-electron chi connectivity index (χ3n) is 12.0. The highest BCUT2D eigenvalue weighted by Gasteiger charge is 2.67. The smallest absolute Gasteiger partial charge is 0.309 e. The standard InChI is InChI=1S/C31H49NO8.ClH/c1-17-25(38-18(2)33)16-26(39-19(3)34)28(37-17)40-21-9-12-29(4)20(15-21)7-8-23-22(29)10-13-30(5)24(27(35)36-6)11-14-31(23,30)32;/h17,20-26,28H,7-16,32H2,1-6H3;1H/t17-,20+,21-,22-,23+,24+,25+,26+,28?,29-,30+,31-;/m0./s1. The van der Waals surface area contributed by atoms with Crippen LogP contribution in [-0.4, -0.2) is 61.3 Å². The van der Waals surface area contributed by atoms with Gasteiger partial charge in [-0.2, -0.15) is 0 Å². The quantitative estimate of drug-likeness (QED) is 0.272. The van der Waals surface area contributed by atoms with E-state index in [0.29, 0.717) is 24.2 Å². The third-order valence-corrected chi connectivity index (χ3v) is 12.0. The molecule has 0 amide bonds. The Morgan fingerprint density at radius 3 is 2.20 bits per heavy atom. The number of nitrogens with two attached hydrogens (primary N) is 1. The zero-order valence-electron chi connectivity index (χ0n) is 25.5. The van der Waals surface area contributed by atoms with Gasteiger partial charge < -0.3 is 29.4 Å². The minimum Gasteiger partial charge on any atom is -0.469 e. The molecule has 1 saturated heterocycles. The van der Waals surface area contributed by atoms with Crippen LogP contribution in [0.2, 0.25) is 0 Å². The van der Waals surface area contributed by atoms with Crippen LogP contribution in [0.5, 0.6) is 0 Å². The first-order chi connectivity index (χ1) is 18.8. The van der Waals surface area contributed by atoms with Crippen molar-refractivity contribution in [1.82, 2.24) is 0 Å². The summed E-state index contributed by atoms with van der Waals surface area (Å²) in [6.07, 6.45) is 7.05. The average Bonchev–Trinajstić information content (AvgIpc) is 3.17. The Bertz CT molecular complexity index is 1010. The van der Waals surface area contributed by atoms with Gasteiger partial charge in [0, 0.05) is 25.8 Å². The molecule has 0 aromatic rings. The van der Waals surface area contributed by atoms with E-state index >= 15 is 0 Å². The molecule has 4 aliphatic carbocycles. The van der Waals surface area contributed by atoms with Crippen molar-refractivity contribution in [3.63, 3.8) is 0 Å². The van der Waals surface area contributed by atoms with E-state index < -0.39 is 24.5 Å². The van der Waals surface area contributed by atoms with Crippen molar-refractivity contribution in [2.24, 2.45) is 40.2 Å². The fourth-order valence-corrected chi connectivity index (χ4v) is 9.83. The van der Waals surface area contributed by atoms with Crippen LogP contribution in [0.25, 0.3) is 0 Å². The molecule has 5 fully saturated rings. The number of methoxy groups -OCH3 is 1.